The van der Waals surface area contributed by atoms with Crippen LogP contribution in [0.1, 0.15) is 116 Å². The lowest BCUT2D eigenvalue weighted by Crippen LogP contribution is -2.39. The number of amides is 1. The van der Waals surface area contributed by atoms with Crippen LogP contribution in [0.2, 0.25) is 0 Å². The fourth-order valence-corrected chi connectivity index (χ4v) is 5.15. The first-order valence-electron chi connectivity index (χ1n) is 14.9. The van der Waals surface area contributed by atoms with Crippen LogP contribution in [0.4, 0.5) is 0 Å². The zero-order valence-electron chi connectivity index (χ0n) is 23.6. The number of unbranched alkanes of at least 4 members (excludes halogenated alkanes) is 10. The molecule has 1 rings (SSSR count). The summed E-state index contributed by atoms with van der Waals surface area (Å²) in [6, 6.07) is 0.377. The molecule has 1 aliphatic rings. The largest absolute Gasteiger partial charge is 0.356 e. The molecule has 1 fully saturated rings. The molecule has 34 heavy (non-hydrogen) atoms. The first kappa shape index (κ1) is 31.4. The van der Waals surface area contributed by atoms with E-state index in [1.165, 1.54) is 96.4 Å². The van der Waals surface area contributed by atoms with Gasteiger partial charge in [-0.05, 0) is 86.0 Å². The normalized spacial score (nSPS) is 21.9. The van der Waals surface area contributed by atoms with Crippen LogP contribution in [0.5, 0.6) is 0 Å². The van der Waals surface area contributed by atoms with Crippen molar-refractivity contribution in [2.75, 3.05) is 60.4 Å². The SMILES string of the molecule is CCCCCCCCCCCCCC1CC(=O)NCCCN(C)CCCCN(C)CCCN1C. The van der Waals surface area contributed by atoms with Gasteiger partial charge in [-0.2, -0.15) is 0 Å². The lowest BCUT2D eigenvalue weighted by atomic mass is 10.0. The van der Waals surface area contributed by atoms with E-state index in [1.54, 1.807) is 0 Å². The molecule has 0 bridgehead atoms. The van der Waals surface area contributed by atoms with Gasteiger partial charge in [0, 0.05) is 19.0 Å². The van der Waals surface area contributed by atoms with Crippen molar-refractivity contribution in [1.29, 1.82) is 0 Å². The Labute approximate surface area is 213 Å². The Balaban J connectivity index is 2.36. The van der Waals surface area contributed by atoms with Gasteiger partial charge in [0.1, 0.15) is 0 Å². The van der Waals surface area contributed by atoms with Gasteiger partial charge in [0.15, 0.2) is 0 Å². The maximum atomic E-state index is 12.7. The third-order valence-corrected chi connectivity index (χ3v) is 7.60. The highest BCUT2D eigenvalue weighted by Gasteiger charge is 2.18. The number of hydrogen-bond donors (Lipinski definition) is 1. The van der Waals surface area contributed by atoms with Crippen LogP contribution in [0.25, 0.3) is 0 Å². The molecule has 1 saturated heterocycles. The van der Waals surface area contributed by atoms with E-state index in [-0.39, 0.29) is 5.91 Å². The van der Waals surface area contributed by atoms with Crippen LogP contribution in [-0.4, -0.2) is 87.1 Å². The van der Waals surface area contributed by atoms with Gasteiger partial charge in [-0.1, -0.05) is 77.6 Å². The second-order valence-corrected chi connectivity index (χ2v) is 11.0. The van der Waals surface area contributed by atoms with Gasteiger partial charge in [0.2, 0.25) is 5.91 Å². The average molecular weight is 481 g/mol. The van der Waals surface area contributed by atoms with Crippen molar-refractivity contribution in [2.24, 2.45) is 0 Å². The second kappa shape index (κ2) is 21.6. The molecule has 0 spiro atoms. The number of nitrogens with zero attached hydrogens (tertiary/aromatic N) is 3. The zero-order chi connectivity index (χ0) is 24.9. The maximum Gasteiger partial charge on any atom is 0.221 e. The summed E-state index contributed by atoms with van der Waals surface area (Å²) >= 11 is 0. The van der Waals surface area contributed by atoms with Crippen LogP contribution in [0, 0.1) is 0 Å². The maximum absolute atomic E-state index is 12.7. The third kappa shape index (κ3) is 17.7. The van der Waals surface area contributed by atoms with Gasteiger partial charge < -0.3 is 20.0 Å². The quantitative estimate of drug-likeness (QED) is 0.351. The molecule has 5 nitrogen and oxygen atoms in total. The first-order valence-corrected chi connectivity index (χ1v) is 14.9. The Morgan fingerprint density at radius 2 is 1.18 bits per heavy atom. The zero-order valence-corrected chi connectivity index (χ0v) is 23.6. The van der Waals surface area contributed by atoms with Crippen LogP contribution in [0.15, 0.2) is 0 Å². The fourth-order valence-electron chi connectivity index (χ4n) is 5.15. The highest BCUT2D eigenvalue weighted by Crippen LogP contribution is 2.16. The van der Waals surface area contributed by atoms with Crippen molar-refractivity contribution >= 4 is 5.91 Å². The molecule has 0 saturated carbocycles. The average Bonchev–Trinajstić information content (AvgIpc) is 2.81. The summed E-state index contributed by atoms with van der Waals surface area (Å²) in [4.78, 5) is 20.0. The van der Waals surface area contributed by atoms with Crippen molar-refractivity contribution in [3.63, 3.8) is 0 Å². The Bertz CT molecular complexity index is 473. The van der Waals surface area contributed by atoms with Gasteiger partial charge in [0.25, 0.3) is 0 Å². The van der Waals surface area contributed by atoms with E-state index >= 15 is 0 Å². The van der Waals surface area contributed by atoms with Crippen molar-refractivity contribution < 1.29 is 4.79 Å². The third-order valence-electron chi connectivity index (χ3n) is 7.60. The molecular formula is C29H60N4O. The van der Waals surface area contributed by atoms with Gasteiger partial charge >= 0.3 is 0 Å². The molecule has 1 unspecified atom stereocenters. The summed E-state index contributed by atoms with van der Waals surface area (Å²) < 4.78 is 0. The molecule has 0 aromatic rings. The van der Waals surface area contributed by atoms with Crippen LogP contribution in [-0.2, 0) is 4.79 Å². The lowest BCUT2D eigenvalue weighted by Gasteiger charge is -2.28. The van der Waals surface area contributed by atoms with Gasteiger partial charge in [-0.25, -0.2) is 0 Å². The fraction of sp³-hybridized carbons (Fsp3) is 0.966. The lowest BCUT2D eigenvalue weighted by molar-refractivity contribution is -0.122. The Kier molecular flexibility index (Phi) is 20.0. The highest BCUT2D eigenvalue weighted by atomic mass is 16.1. The molecule has 1 atom stereocenters. The van der Waals surface area contributed by atoms with Gasteiger partial charge in [0.05, 0.1) is 0 Å². The Morgan fingerprint density at radius 3 is 1.76 bits per heavy atom. The highest BCUT2D eigenvalue weighted by molar-refractivity contribution is 5.76. The smallest absolute Gasteiger partial charge is 0.221 e. The number of rotatable bonds is 12. The number of hydrogen-bond acceptors (Lipinski definition) is 4. The van der Waals surface area contributed by atoms with Crippen LogP contribution < -0.4 is 5.32 Å². The standard InChI is InChI=1S/C29H60N4O/c1-5-6-7-8-9-10-11-12-13-14-15-20-28-27-29(34)30-21-18-24-31(2)22-16-17-23-32(3)25-19-26-33(28)4/h28H,5-27H2,1-4H3,(H,30,34). The first-order chi connectivity index (χ1) is 16.5. The number of carbonyl (C=O) groups is 1. The van der Waals surface area contributed by atoms with Gasteiger partial charge in [-0.3, -0.25) is 4.79 Å². The molecular weight excluding hydrogens is 420 g/mol. The van der Waals surface area contributed by atoms with Gasteiger partial charge in [-0.15, -0.1) is 0 Å². The minimum Gasteiger partial charge on any atom is -0.356 e. The van der Waals surface area contributed by atoms with Crippen molar-refractivity contribution in [2.45, 2.75) is 122 Å². The molecule has 1 aliphatic heterocycles. The molecule has 0 aliphatic carbocycles. The van der Waals surface area contributed by atoms with E-state index in [0.29, 0.717) is 12.5 Å². The molecule has 1 N–H and O–H groups in total. The molecule has 0 aromatic carbocycles. The summed E-state index contributed by atoms with van der Waals surface area (Å²) in [7, 11) is 6.70. The predicted molar refractivity (Wildman–Crippen MR) is 149 cm³/mol. The van der Waals surface area contributed by atoms with Crippen LogP contribution >= 0.6 is 0 Å². The monoisotopic (exact) mass is 480 g/mol. The minimum atomic E-state index is 0.240. The summed E-state index contributed by atoms with van der Waals surface area (Å²) in [5.74, 6) is 0.240. The van der Waals surface area contributed by atoms with Crippen molar-refractivity contribution in [1.82, 2.24) is 20.0 Å². The molecule has 5 heteroatoms. The Morgan fingerprint density at radius 1 is 0.676 bits per heavy atom. The van der Waals surface area contributed by atoms with E-state index in [9.17, 15) is 4.79 Å². The van der Waals surface area contributed by atoms with E-state index in [0.717, 1.165) is 45.6 Å². The second-order valence-electron chi connectivity index (χ2n) is 11.0. The summed E-state index contributed by atoms with van der Waals surface area (Å²) in [6.07, 6.45) is 21.7. The summed E-state index contributed by atoms with van der Waals surface area (Å²) in [5, 5.41) is 3.20. The Hall–Kier alpha value is -0.650. The summed E-state index contributed by atoms with van der Waals surface area (Å²) in [6.45, 7) is 8.75. The summed E-state index contributed by atoms with van der Waals surface area (Å²) in [5.41, 5.74) is 0. The topological polar surface area (TPSA) is 38.8 Å². The molecule has 0 radical (unpaired) electrons. The van der Waals surface area contributed by atoms with E-state index < -0.39 is 0 Å². The van der Waals surface area contributed by atoms with Crippen molar-refractivity contribution in [3.8, 4) is 0 Å². The van der Waals surface area contributed by atoms with Crippen LogP contribution in [0.3, 0.4) is 0 Å². The number of nitrogens with one attached hydrogen (secondary N) is 1. The van der Waals surface area contributed by atoms with E-state index in [1.807, 2.05) is 0 Å². The molecule has 1 heterocycles. The minimum absolute atomic E-state index is 0.240. The number of carbonyl (C=O) groups excluding carboxylic acids is 1. The molecule has 1 amide bonds. The van der Waals surface area contributed by atoms with E-state index in [4.69, 9.17) is 0 Å². The van der Waals surface area contributed by atoms with E-state index in [2.05, 4.69) is 48.1 Å². The predicted octanol–water partition coefficient (Wildman–Crippen LogP) is 5.93. The molecule has 0 aromatic heterocycles. The molecule has 202 valence electrons. The van der Waals surface area contributed by atoms with Crippen molar-refractivity contribution in [3.05, 3.63) is 0 Å².